The third-order valence-electron chi connectivity index (χ3n) is 2.85. The molecular formula is C13H7N3S2. The smallest absolute Gasteiger partial charge is 0.143 e. The monoisotopic (exact) mass is 269 g/mol. The summed E-state index contributed by atoms with van der Waals surface area (Å²) in [6, 6.07) is 6.25. The molecule has 0 aliphatic carbocycles. The summed E-state index contributed by atoms with van der Waals surface area (Å²) in [5.74, 6) is 0. The molecule has 0 amide bonds. The maximum atomic E-state index is 4.48. The average molecular weight is 269 g/mol. The Hall–Kier alpha value is -1.85. The average Bonchev–Trinajstić information content (AvgIpc) is 3.05. The highest BCUT2D eigenvalue weighted by Gasteiger charge is 2.08. The summed E-state index contributed by atoms with van der Waals surface area (Å²) >= 11 is 3.22. The molecule has 3 nitrogen and oxygen atoms in total. The molecule has 0 aromatic carbocycles. The van der Waals surface area contributed by atoms with Crippen LogP contribution in [0.25, 0.3) is 31.7 Å². The fraction of sp³-hybridized carbons (Fsp3) is 0. The van der Waals surface area contributed by atoms with Crippen molar-refractivity contribution in [3.05, 3.63) is 41.5 Å². The maximum absolute atomic E-state index is 4.48. The minimum Gasteiger partial charge on any atom is -0.245 e. The molecule has 4 aromatic heterocycles. The fourth-order valence-electron chi connectivity index (χ4n) is 2.01. The number of hydrogen-bond donors (Lipinski definition) is 0. The summed E-state index contributed by atoms with van der Waals surface area (Å²) in [6.45, 7) is 0. The Kier molecular flexibility index (Phi) is 2.15. The molecule has 0 bridgehead atoms. The van der Waals surface area contributed by atoms with Gasteiger partial charge in [0.15, 0.2) is 0 Å². The van der Waals surface area contributed by atoms with Gasteiger partial charge in [-0.1, -0.05) is 0 Å². The molecule has 0 aliphatic rings. The Bertz CT molecular complexity index is 847. The van der Waals surface area contributed by atoms with Crippen molar-refractivity contribution in [2.24, 2.45) is 0 Å². The minimum atomic E-state index is 0.957. The van der Waals surface area contributed by atoms with E-state index in [1.807, 2.05) is 24.0 Å². The molecule has 0 spiro atoms. The molecule has 0 saturated carbocycles. The molecule has 0 aliphatic heterocycles. The van der Waals surface area contributed by atoms with Crippen LogP contribution in [0.1, 0.15) is 0 Å². The van der Waals surface area contributed by atoms with Crippen molar-refractivity contribution in [2.45, 2.75) is 0 Å². The van der Waals surface area contributed by atoms with Crippen LogP contribution in [0.2, 0.25) is 0 Å². The van der Waals surface area contributed by atoms with E-state index < -0.39 is 0 Å². The molecule has 4 rings (SSSR count). The quantitative estimate of drug-likeness (QED) is 0.525. The highest BCUT2D eigenvalue weighted by Crippen LogP contribution is 2.30. The molecule has 0 radical (unpaired) electrons. The van der Waals surface area contributed by atoms with E-state index in [9.17, 15) is 0 Å². The number of fused-ring (bicyclic) bond motifs is 2. The fourth-order valence-corrected chi connectivity index (χ4v) is 3.39. The molecule has 5 heteroatoms. The molecule has 86 valence electrons. The molecule has 0 saturated heterocycles. The van der Waals surface area contributed by atoms with Gasteiger partial charge >= 0.3 is 0 Å². The van der Waals surface area contributed by atoms with Crippen molar-refractivity contribution in [3.8, 4) is 11.1 Å². The third kappa shape index (κ3) is 1.45. The van der Waals surface area contributed by atoms with Gasteiger partial charge in [0.1, 0.15) is 15.2 Å². The first-order chi connectivity index (χ1) is 8.92. The number of thiophene rings is 1. The van der Waals surface area contributed by atoms with E-state index in [1.165, 1.54) is 5.39 Å². The van der Waals surface area contributed by atoms with Crippen LogP contribution < -0.4 is 0 Å². The van der Waals surface area contributed by atoms with Gasteiger partial charge in [0.25, 0.3) is 0 Å². The largest absolute Gasteiger partial charge is 0.245 e. The van der Waals surface area contributed by atoms with Gasteiger partial charge in [-0.05, 0) is 23.6 Å². The third-order valence-corrected chi connectivity index (χ3v) is 4.42. The highest BCUT2D eigenvalue weighted by molar-refractivity contribution is 7.16. The normalized spacial score (nSPS) is 11.3. The van der Waals surface area contributed by atoms with Crippen LogP contribution in [-0.4, -0.2) is 15.0 Å². The van der Waals surface area contributed by atoms with Gasteiger partial charge in [0, 0.05) is 28.9 Å². The van der Waals surface area contributed by atoms with Crippen molar-refractivity contribution in [1.82, 2.24) is 15.0 Å². The lowest BCUT2D eigenvalue weighted by Crippen LogP contribution is -1.83. The van der Waals surface area contributed by atoms with Crippen molar-refractivity contribution >= 4 is 43.2 Å². The van der Waals surface area contributed by atoms with Gasteiger partial charge < -0.3 is 0 Å². The van der Waals surface area contributed by atoms with Gasteiger partial charge in [-0.15, -0.1) is 22.7 Å². The van der Waals surface area contributed by atoms with E-state index in [-0.39, 0.29) is 0 Å². The van der Waals surface area contributed by atoms with Gasteiger partial charge in [0.05, 0.1) is 5.51 Å². The van der Waals surface area contributed by atoms with E-state index in [2.05, 4.69) is 32.5 Å². The maximum Gasteiger partial charge on any atom is 0.143 e. The Balaban J connectivity index is 2.03. The summed E-state index contributed by atoms with van der Waals surface area (Å²) in [5, 5.41) is 3.24. The molecule has 4 aromatic rings. The first-order valence-electron chi connectivity index (χ1n) is 5.44. The van der Waals surface area contributed by atoms with Crippen molar-refractivity contribution < 1.29 is 0 Å². The van der Waals surface area contributed by atoms with Crippen LogP contribution in [0.3, 0.4) is 0 Å². The van der Waals surface area contributed by atoms with Gasteiger partial charge in [-0.25, -0.2) is 15.0 Å². The zero-order valence-corrected chi connectivity index (χ0v) is 10.8. The van der Waals surface area contributed by atoms with E-state index in [0.29, 0.717) is 0 Å². The second-order valence-electron chi connectivity index (χ2n) is 3.90. The van der Waals surface area contributed by atoms with E-state index in [4.69, 9.17) is 0 Å². The van der Waals surface area contributed by atoms with E-state index in [1.54, 1.807) is 22.7 Å². The van der Waals surface area contributed by atoms with Gasteiger partial charge in [-0.3, -0.25) is 0 Å². The molecular weight excluding hydrogens is 262 g/mol. The lowest BCUT2D eigenvalue weighted by atomic mass is 10.1. The van der Waals surface area contributed by atoms with Crippen molar-refractivity contribution in [3.63, 3.8) is 0 Å². The summed E-state index contributed by atoms with van der Waals surface area (Å²) in [4.78, 5) is 15.2. The predicted molar refractivity (Wildman–Crippen MR) is 76.0 cm³/mol. The topological polar surface area (TPSA) is 38.7 Å². The van der Waals surface area contributed by atoms with Gasteiger partial charge in [-0.2, -0.15) is 0 Å². The number of rotatable bonds is 1. The summed E-state index contributed by atoms with van der Waals surface area (Å²) in [7, 11) is 0. The lowest BCUT2D eigenvalue weighted by molar-refractivity contribution is 1.39. The van der Waals surface area contributed by atoms with Crippen LogP contribution in [-0.2, 0) is 0 Å². The number of aromatic nitrogens is 3. The van der Waals surface area contributed by atoms with Crippen LogP contribution >= 0.6 is 22.7 Å². The van der Waals surface area contributed by atoms with Crippen LogP contribution in [0, 0.1) is 0 Å². The zero-order chi connectivity index (χ0) is 11.9. The van der Waals surface area contributed by atoms with Crippen LogP contribution in [0.4, 0.5) is 0 Å². The van der Waals surface area contributed by atoms with Crippen molar-refractivity contribution in [1.29, 1.82) is 0 Å². The number of nitrogens with zero attached hydrogens (tertiary/aromatic N) is 3. The summed E-state index contributed by atoms with van der Waals surface area (Å²) in [5.41, 5.74) is 4.98. The zero-order valence-electron chi connectivity index (χ0n) is 9.20. The Morgan fingerprint density at radius 3 is 2.94 bits per heavy atom. The minimum absolute atomic E-state index is 0.957. The first-order valence-corrected chi connectivity index (χ1v) is 7.19. The van der Waals surface area contributed by atoms with E-state index in [0.717, 1.165) is 26.3 Å². The standard InChI is InChI=1S/C13H7N3S2/c1-3-14-13-11(16-7-18-13)10(1)9-5-8-2-4-17-12(8)15-6-9/h1-7H. The number of pyridine rings is 2. The van der Waals surface area contributed by atoms with E-state index >= 15 is 0 Å². The molecule has 0 N–H and O–H groups in total. The highest BCUT2D eigenvalue weighted by atomic mass is 32.1. The Morgan fingerprint density at radius 1 is 0.944 bits per heavy atom. The lowest BCUT2D eigenvalue weighted by Gasteiger charge is -2.01. The summed E-state index contributed by atoms with van der Waals surface area (Å²) < 4.78 is 0. The Labute approximate surface area is 111 Å². The SMILES string of the molecule is c1cc(-c2cnc3sccc3c2)c2ncsc2n1. The first kappa shape index (κ1) is 10.1. The number of hydrogen-bond acceptors (Lipinski definition) is 5. The van der Waals surface area contributed by atoms with Crippen LogP contribution in [0.15, 0.2) is 41.5 Å². The molecule has 0 atom stereocenters. The molecule has 0 unspecified atom stereocenters. The predicted octanol–water partition coefficient (Wildman–Crippen LogP) is 3.97. The second kappa shape index (κ2) is 3.83. The van der Waals surface area contributed by atoms with Crippen molar-refractivity contribution in [2.75, 3.05) is 0 Å². The Morgan fingerprint density at radius 2 is 1.94 bits per heavy atom. The molecule has 0 fully saturated rings. The van der Waals surface area contributed by atoms with Crippen LogP contribution in [0.5, 0.6) is 0 Å². The molecule has 18 heavy (non-hydrogen) atoms. The van der Waals surface area contributed by atoms with Gasteiger partial charge in [0.2, 0.25) is 0 Å². The molecule has 4 heterocycles. The summed E-state index contributed by atoms with van der Waals surface area (Å²) in [6.07, 6.45) is 3.74. The number of thiazole rings is 1. The second-order valence-corrected chi connectivity index (χ2v) is 5.63.